The molecule has 1 unspecified atom stereocenters. The quantitative estimate of drug-likeness (QED) is 0.612. The predicted octanol–water partition coefficient (Wildman–Crippen LogP) is 4.63. The van der Waals surface area contributed by atoms with Crippen LogP contribution in [0.2, 0.25) is 0 Å². The van der Waals surface area contributed by atoms with Gasteiger partial charge in [0.2, 0.25) is 0 Å². The number of Topliss-reactive ketones (excluding diaryl/α,β-unsaturated/α-hetero) is 1. The number of carbonyl (C=O) groups excluding carboxylic acids is 1. The molecular weight excluding hydrogens is 348 g/mol. The highest BCUT2D eigenvalue weighted by atomic mass is 16.5. The number of ether oxygens (including phenoxy) is 1. The van der Waals surface area contributed by atoms with E-state index < -0.39 is 0 Å². The third kappa shape index (κ3) is 3.83. The van der Waals surface area contributed by atoms with Crippen LogP contribution in [0.3, 0.4) is 0 Å². The van der Waals surface area contributed by atoms with Gasteiger partial charge in [-0.25, -0.2) is 0 Å². The topological polar surface area (TPSA) is 45.3 Å². The van der Waals surface area contributed by atoms with Gasteiger partial charge >= 0.3 is 0 Å². The molecule has 1 aliphatic rings. The van der Waals surface area contributed by atoms with E-state index in [0.29, 0.717) is 30.4 Å². The number of aromatic amines is 1. The number of hydrogen-bond donors (Lipinski definition) is 1. The number of ketones is 1. The van der Waals surface area contributed by atoms with Gasteiger partial charge in [-0.1, -0.05) is 18.2 Å². The zero-order valence-electron chi connectivity index (χ0n) is 16.7. The Hall–Kier alpha value is -2.59. The van der Waals surface area contributed by atoms with Gasteiger partial charge < -0.3 is 14.6 Å². The largest absolute Gasteiger partial charge is 0.493 e. The van der Waals surface area contributed by atoms with E-state index in [1.807, 2.05) is 37.3 Å². The lowest BCUT2D eigenvalue weighted by atomic mass is 9.98. The third-order valence-electron chi connectivity index (χ3n) is 5.81. The number of likely N-dealkylation sites (N-methyl/N-ethyl adjacent to an activating group) is 1. The average Bonchev–Trinajstić information content (AvgIpc) is 3.29. The van der Waals surface area contributed by atoms with Crippen molar-refractivity contribution in [3.05, 3.63) is 65.4 Å². The van der Waals surface area contributed by atoms with Crippen molar-refractivity contribution in [3.8, 4) is 5.75 Å². The molecule has 2 aromatic carbocycles. The van der Waals surface area contributed by atoms with Crippen molar-refractivity contribution in [2.24, 2.45) is 0 Å². The van der Waals surface area contributed by atoms with Crippen LogP contribution in [0.15, 0.2) is 48.7 Å². The highest BCUT2D eigenvalue weighted by molar-refractivity contribution is 6.00. The number of nitrogens with one attached hydrogen (secondary N) is 1. The fraction of sp³-hybridized carbons (Fsp3) is 0.375. The normalized spacial score (nSPS) is 17.3. The van der Waals surface area contributed by atoms with E-state index in [9.17, 15) is 4.79 Å². The van der Waals surface area contributed by atoms with Crippen LogP contribution in [-0.2, 0) is 12.8 Å². The summed E-state index contributed by atoms with van der Waals surface area (Å²) in [4.78, 5) is 18.7. The number of likely N-dealkylation sites (tertiary alicyclic amines) is 1. The summed E-state index contributed by atoms with van der Waals surface area (Å²) in [6.07, 6.45) is 6.11. The molecular formula is C24H28N2O2. The van der Waals surface area contributed by atoms with E-state index in [-0.39, 0.29) is 5.78 Å². The number of aromatic nitrogens is 1. The number of hydrogen-bond acceptors (Lipinski definition) is 3. The minimum absolute atomic E-state index is 0.0935. The first-order chi connectivity index (χ1) is 13.7. The monoisotopic (exact) mass is 376 g/mol. The molecule has 28 heavy (non-hydrogen) atoms. The number of nitrogens with zero attached hydrogens (tertiary/aromatic N) is 1. The third-order valence-corrected chi connectivity index (χ3v) is 5.81. The summed E-state index contributed by atoms with van der Waals surface area (Å²) in [5, 5.41) is 1.24. The first kappa shape index (κ1) is 18.8. The van der Waals surface area contributed by atoms with Crippen molar-refractivity contribution in [1.82, 2.24) is 9.88 Å². The van der Waals surface area contributed by atoms with E-state index in [1.165, 1.54) is 30.3 Å². The molecule has 1 saturated heterocycles. The second kappa shape index (κ2) is 8.19. The SMILES string of the molecule is CCOc1ccccc1C(=O)Cc1ccc2[nH]cc(CC3CCCN3C)c2c1. The molecule has 1 atom stereocenters. The lowest BCUT2D eigenvalue weighted by molar-refractivity contribution is 0.0989. The van der Waals surface area contributed by atoms with Gasteiger partial charge in [-0.2, -0.15) is 0 Å². The molecule has 4 rings (SSSR count). The van der Waals surface area contributed by atoms with Crippen LogP contribution in [0.4, 0.5) is 0 Å². The number of fused-ring (bicyclic) bond motifs is 1. The number of rotatable bonds is 7. The van der Waals surface area contributed by atoms with Gasteiger partial charge in [0.1, 0.15) is 5.75 Å². The molecule has 0 spiro atoms. The molecule has 0 amide bonds. The predicted molar refractivity (Wildman–Crippen MR) is 113 cm³/mol. The van der Waals surface area contributed by atoms with E-state index in [4.69, 9.17) is 4.74 Å². The summed E-state index contributed by atoms with van der Waals surface area (Å²) >= 11 is 0. The summed E-state index contributed by atoms with van der Waals surface area (Å²) in [6, 6.07) is 14.4. The minimum atomic E-state index is 0.0935. The standard InChI is InChI=1S/C24H28N2O2/c1-3-28-24-9-5-4-8-20(24)23(27)14-17-10-11-22-21(13-17)18(16-25-22)15-19-7-6-12-26(19)2/h4-5,8-11,13,16,19,25H,3,6-7,12,14-15H2,1-2H3. The fourth-order valence-electron chi connectivity index (χ4n) is 4.25. The van der Waals surface area contributed by atoms with Crippen LogP contribution in [0, 0.1) is 0 Å². The van der Waals surface area contributed by atoms with Crippen LogP contribution in [0.1, 0.15) is 41.3 Å². The Morgan fingerprint density at radius 1 is 1.25 bits per heavy atom. The van der Waals surface area contributed by atoms with Crippen molar-refractivity contribution in [2.45, 2.75) is 38.6 Å². The van der Waals surface area contributed by atoms with Gasteiger partial charge in [0, 0.05) is 29.6 Å². The molecule has 1 fully saturated rings. The lowest BCUT2D eigenvalue weighted by Gasteiger charge is -2.18. The van der Waals surface area contributed by atoms with Crippen LogP contribution in [0.5, 0.6) is 5.75 Å². The number of benzene rings is 2. The molecule has 1 aromatic heterocycles. The first-order valence-corrected chi connectivity index (χ1v) is 10.2. The summed E-state index contributed by atoms with van der Waals surface area (Å²) < 4.78 is 5.63. The molecule has 4 nitrogen and oxygen atoms in total. The maximum Gasteiger partial charge on any atom is 0.170 e. The highest BCUT2D eigenvalue weighted by Crippen LogP contribution is 2.26. The molecule has 1 N–H and O–H groups in total. The second-order valence-corrected chi connectivity index (χ2v) is 7.70. The number of H-pyrrole nitrogens is 1. The van der Waals surface area contributed by atoms with E-state index in [2.05, 4.69) is 35.3 Å². The Morgan fingerprint density at radius 2 is 2.11 bits per heavy atom. The van der Waals surface area contributed by atoms with E-state index in [1.54, 1.807) is 0 Å². The minimum Gasteiger partial charge on any atom is -0.493 e. The Kier molecular flexibility index (Phi) is 5.49. The highest BCUT2D eigenvalue weighted by Gasteiger charge is 2.22. The molecule has 146 valence electrons. The van der Waals surface area contributed by atoms with Gasteiger partial charge in [-0.05, 0) is 75.2 Å². The summed E-state index contributed by atoms with van der Waals surface area (Å²) in [6.45, 7) is 3.68. The molecule has 0 saturated carbocycles. The first-order valence-electron chi connectivity index (χ1n) is 10.2. The lowest BCUT2D eigenvalue weighted by Crippen LogP contribution is -2.26. The molecule has 2 heterocycles. The smallest absolute Gasteiger partial charge is 0.170 e. The summed E-state index contributed by atoms with van der Waals surface area (Å²) in [7, 11) is 2.21. The van der Waals surface area contributed by atoms with Crippen molar-refractivity contribution >= 4 is 16.7 Å². The van der Waals surface area contributed by atoms with Gasteiger partial charge in [-0.15, -0.1) is 0 Å². The van der Waals surface area contributed by atoms with Gasteiger partial charge in [0.25, 0.3) is 0 Å². The molecule has 0 aliphatic carbocycles. The molecule has 3 aromatic rings. The maximum atomic E-state index is 12.9. The van der Waals surface area contributed by atoms with E-state index in [0.717, 1.165) is 17.5 Å². The maximum absolute atomic E-state index is 12.9. The van der Waals surface area contributed by atoms with Crippen molar-refractivity contribution < 1.29 is 9.53 Å². The Labute approximate surface area is 166 Å². The molecule has 1 aliphatic heterocycles. The second-order valence-electron chi connectivity index (χ2n) is 7.70. The fourth-order valence-corrected chi connectivity index (χ4v) is 4.25. The number of carbonyl (C=O) groups is 1. The van der Waals surface area contributed by atoms with Crippen LogP contribution in [0.25, 0.3) is 10.9 Å². The number of para-hydroxylation sites is 1. The summed E-state index contributed by atoms with van der Waals surface area (Å²) in [5.41, 5.74) is 4.19. The average molecular weight is 377 g/mol. The van der Waals surface area contributed by atoms with Gasteiger partial charge in [0.05, 0.1) is 12.2 Å². The van der Waals surface area contributed by atoms with Crippen LogP contribution in [-0.4, -0.2) is 41.9 Å². The Balaban J connectivity index is 1.56. The summed E-state index contributed by atoms with van der Waals surface area (Å²) in [5.74, 6) is 0.763. The van der Waals surface area contributed by atoms with Crippen molar-refractivity contribution in [3.63, 3.8) is 0 Å². The van der Waals surface area contributed by atoms with Gasteiger partial charge in [0.15, 0.2) is 5.78 Å². The van der Waals surface area contributed by atoms with E-state index >= 15 is 0 Å². The molecule has 0 radical (unpaired) electrons. The Morgan fingerprint density at radius 3 is 2.89 bits per heavy atom. The van der Waals surface area contributed by atoms with Crippen molar-refractivity contribution in [1.29, 1.82) is 0 Å². The Bertz CT molecular complexity index is 976. The zero-order chi connectivity index (χ0) is 19.5. The molecule has 4 heteroatoms. The van der Waals surface area contributed by atoms with Crippen LogP contribution < -0.4 is 4.74 Å². The van der Waals surface area contributed by atoms with Gasteiger partial charge in [-0.3, -0.25) is 4.79 Å². The van der Waals surface area contributed by atoms with Crippen LogP contribution >= 0.6 is 0 Å². The zero-order valence-corrected chi connectivity index (χ0v) is 16.7. The van der Waals surface area contributed by atoms with Crippen molar-refractivity contribution in [2.75, 3.05) is 20.2 Å². The molecule has 0 bridgehead atoms.